The van der Waals surface area contributed by atoms with E-state index in [2.05, 4.69) is 28.8 Å². The van der Waals surface area contributed by atoms with Crippen molar-refractivity contribution in [2.45, 2.75) is 31.7 Å². The molecule has 0 amide bonds. The van der Waals surface area contributed by atoms with Crippen LogP contribution in [0.4, 0.5) is 0 Å². The summed E-state index contributed by atoms with van der Waals surface area (Å²) in [5, 5.41) is 14.2. The molecule has 3 N–H and O–H groups in total. The number of nitrogens with one attached hydrogen (secondary N) is 2. The fourth-order valence-electron chi connectivity index (χ4n) is 2.06. The molecule has 1 aromatic heterocycles. The van der Waals surface area contributed by atoms with Gasteiger partial charge in [0.2, 0.25) is 0 Å². The zero-order valence-corrected chi connectivity index (χ0v) is 11.6. The van der Waals surface area contributed by atoms with E-state index in [4.69, 9.17) is 5.11 Å². The second-order valence-electron chi connectivity index (χ2n) is 5.26. The zero-order chi connectivity index (χ0) is 14.3. The number of hydrogen-bond acceptors (Lipinski definition) is 4. The third-order valence-electron chi connectivity index (χ3n) is 3.83. The van der Waals surface area contributed by atoms with E-state index in [1.807, 2.05) is 0 Å². The van der Waals surface area contributed by atoms with Gasteiger partial charge in [-0.05, 0) is 24.2 Å². The minimum absolute atomic E-state index is 0.0104. The number of carboxylic acids is 1. The smallest absolute Gasteiger partial charge is 0.340 e. The van der Waals surface area contributed by atoms with Crippen molar-refractivity contribution in [1.29, 1.82) is 0 Å². The number of aromatic carboxylic acids is 1. The molecule has 0 unspecified atom stereocenters. The monoisotopic (exact) mass is 287 g/mol. The number of H-pyrrole nitrogens is 1. The summed E-state index contributed by atoms with van der Waals surface area (Å²) < 4.78 is 26.6. The van der Waals surface area contributed by atoms with Gasteiger partial charge in [-0.15, -0.1) is 0 Å². The number of nitrogens with zero attached hydrogens (tertiary/aromatic N) is 1. The highest BCUT2D eigenvalue weighted by Crippen LogP contribution is 2.51. The molecule has 1 fully saturated rings. The van der Waals surface area contributed by atoms with Gasteiger partial charge in [0.05, 0.1) is 6.20 Å². The van der Waals surface area contributed by atoms with Crippen LogP contribution in [0.3, 0.4) is 0 Å². The highest BCUT2D eigenvalue weighted by Gasteiger charge is 2.46. The summed E-state index contributed by atoms with van der Waals surface area (Å²) in [6, 6.07) is 0. The number of aromatic nitrogens is 2. The molecule has 1 heterocycles. The van der Waals surface area contributed by atoms with Crippen molar-refractivity contribution in [3.63, 3.8) is 0 Å². The summed E-state index contributed by atoms with van der Waals surface area (Å²) >= 11 is 0. The van der Waals surface area contributed by atoms with Gasteiger partial charge >= 0.3 is 5.97 Å². The molecule has 1 saturated carbocycles. The first-order chi connectivity index (χ1) is 8.78. The Balaban J connectivity index is 2.15. The molecule has 8 heteroatoms. The van der Waals surface area contributed by atoms with Crippen LogP contribution >= 0.6 is 0 Å². The number of carboxylic acid groups (broad SMARTS) is 1. The summed E-state index contributed by atoms with van der Waals surface area (Å²) in [7, 11) is -3.87. The maximum Gasteiger partial charge on any atom is 0.340 e. The van der Waals surface area contributed by atoms with Gasteiger partial charge in [0.25, 0.3) is 10.0 Å². The van der Waals surface area contributed by atoms with Crippen molar-refractivity contribution in [1.82, 2.24) is 14.9 Å². The lowest BCUT2D eigenvalue weighted by atomic mass is 9.93. The van der Waals surface area contributed by atoms with Crippen molar-refractivity contribution >= 4 is 16.0 Å². The summed E-state index contributed by atoms with van der Waals surface area (Å²) in [6.07, 6.45) is 2.97. The lowest BCUT2D eigenvalue weighted by Gasteiger charge is -2.19. The SMILES string of the molecule is CC(C)C1(CNS(=O)(=O)c2[nH]ncc2C(=O)O)CC1. The normalized spacial score (nSPS) is 17.6. The Morgan fingerprint density at radius 2 is 2.21 bits per heavy atom. The van der Waals surface area contributed by atoms with E-state index in [1.54, 1.807) is 0 Å². The third-order valence-corrected chi connectivity index (χ3v) is 5.21. The molecule has 106 valence electrons. The van der Waals surface area contributed by atoms with Gasteiger partial charge in [-0.1, -0.05) is 13.8 Å². The van der Waals surface area contributed by atoms with E-state index in [1.165, 1.54) is 0 Å². The fraction of sp³-hybridized carbons (Fsp3) is 0.636. The average molecular weight is 287 g/mol. The molecule has 0 saturated heterocycles. The average Bonchev–Trinajstić information content (AvgIpc) is 2.94. The molecule has 19 heavy (non-hydrogen) atoms. The Hall–Kier alpha value is -1.41. The number of sulfonamides is 1. The molecule has 7 nitrogen and oxygen atoms in total. The maximum atomic E-state index is 12.1. The van der Waals surface area contributed by atoms with Crippen molar-refractivity contribution in [2.24, 2.45) is 11.3 Å². The predicted octanol–water partition coefficient (Wildman–Crippen LogP) is 0.822. The summed E-state index contributed by atoms with van der Waals surface area (Å²) in [6.45, 7) is 4.44. The van der Waals surface area contributed by atoms with Gasteiger partial charge < -0.3 is 5.11 Å². The predicted molar refractivity (Wildman–Crippen MR) is 67.2 cm³/mol. The second kappa shape index (κ2) is 4.61. The van der Waals surface area contributed by atoms with Crippen molar-refractivity contribution in [3.05, 3.63) is 11.8 Å². The molecule has 0 atom stereocenters. The molecule has 2 rings (SSSR count). The van der Waals surface area contributed by atoms with Gasteiger partial charge in [0, 0.05) is 6.54 Å². The molecule has 0 aliphatic heterocycles. The molecule has 0 bridgehead atoms. The first kappa shape index (κ1) is 14.0. The summed E-state index contributed by atoms with van der Waals surface area (Å²) in [5.41, 5.74) is -0.335. The third kappa shape index (κ3) is 2.64. The highest BCUT2D eigenvalue weighted by molar-refractivity contribution is 7.89. The van der Waals surface area contributed by atoms with Crippen molar-refractivity contribution < 1.29 is 18.3 Å². The van der Waals surface area contributed by atoms with Gasteiger partial charge in [-0.2, -0.15) is 5.10 Å². The van der Waals surface area contributed by atoms with Crippen LogP contribution < -0.4 is 4.72 Å². The number of carbonyl (C=O) groups is 1. The minimum Gasteiger partial charge on any atom is -0.478 e. The zero-order valence-electron chi connectivity index (χ0n) is 10.8. The molecule has 0 radical (unpaired) electrons. The van der Waals surface area contributed by atoms with Crippen molar-refractivity contribution in [3.8, 4) is 0 Å². The van der Waals surface area contributed by atoms with E-state index in [0.717, 1.165) is 19.0 Å². The molecule has 0 spiro atoms. The van der Waals surface area contributed by atoms with Gasteiger partial charge in [-0.3, -0.25) is 5.10 Å². The second-order valence-corrected chi connectivity index (χ2v) is 6.96. The van der Waals surface area contributed by atoms with Crippen molar-refractivity contribution in [2.75, 3.05) is 6.54 Å². The lowest BCUT2D eigenvalue weighted by molar-refractivity contribution is 0.0692. The van der Waals surface area contributed by atoms with Crippen LogP contribution in [0.5, 0.6) is 0 Å². The van der Waals surface area contributed by atoms with Crippen LogP contribution in [-0.2, 0) is 10.0 Å². The van der Waals surface area contributed by atoms with Crippen LogP contribution in [0.1, 0.15) is 37.0 Å². The quantitative estimate of drug-likeness (QED) is 0.717. The van der Waals surface area contributed by atoms with Crippen LogP contribution in [-0.4, -0.2) is 36.2 Å². The van der Waals surface area contributed by atoms with E-state index < -0.39 is 16.0 Å². The topological polar surface area (TPSA) is 112 Å². The number of hydrogen-bond donors (Lipinski definition) is 3. The Labute approximate surface area is 111 Å². The fourth-order valence-corrected chi connectivity index (χ4v) is 3.29. The first-order valence-electron chi connectivity index (χ1n) is 6.05. The largest absolute Gasteiger partial charge is 0.478 e. The van der Waals surface area contributed by atoms with Gasteiger partial charge in [-0.25, -0.2) is 17.9 Å². The van der Waals surface area contributed by atoms with Crippen LogP contribution in [0.2, 0.25) is 0 Å². The Kier molecular flexibility index (Phi) is 3.40. The van der Waals surface area contributed by atoms with Crippen LogP contribution in [0.15, 0.2) is 11.2 Å². The molecular formula is C11H17N3O4S. The molecule has 0 aromatic carbocycles. The Bertz CT molecular complexity index is 587. The van der Waals surface area contributed by atoms with E-state index >= 15 is 0 Å². The van der Waals surface area contributed by atoms with Crippen LogP contribution in [0, 0.1) is 11.3 Å². The maximum absolute atomic E-state index is 12.1. The van der Waals surface area contributed by atoms with Gasteiger partial charge in [0.15, 0.2) is 5.03 Å². The molecule has 1 aliphatic carbocycles. The summed E-state index contributed by atoms with van der Waals surface area (Å²) in [5.74, 6) is -0.935. The molecule has 1 aromatic rings. The van der Waals surface area contributed by atoms with Crippen LogP contribution in [0.25, 0.3) is 0 Å². The Morgan fingerprint density at radius 3 is 2.68 bits per heavy atom. The van der Waals surface area contributed by atoms with E-state index in [-0.39, 0.29) is 16.0 Å². The Morgan fingerprint density at radius 1 is 1.58 bits per heavy atom. The van der Waals surface area contributed by atoms with E-state index in [9.17, 15) is 13.2 Å². The standard InChI is InChI=1S/C11H17N3O4S/c1-7(2)11(3-4-11)6-13-19(17,18)9-8(10(15)16)5-12-14-9/h5,7,13H,3-4,6H2,1-2H3,(H,12,14)(H,15,16). The van der Waals surface area contributed by atoms with E-state index in [0.29, 0.717) is 12.5 Å². The highest BCUT2D eigenvalue weighted by atomic mass is 32.2. The summed E-state index contributed by atoms with van der Waals surface area (Å²) in [4.78, 5) is 10.9. The molecule has 1 aliphatic rings. The first-order valence-corrected chi connectivity index (χ1v) is 7.53. The number of aromatic amines is 1. The molecular weight excluding hydrogens is 270 g/mol. The van der Waals surface area contributed by atoms with Gasteiger partial charge in [0.1, 0.15) is 5.56 Å². The lowest BCUT2D eigenvalue weighted by Crippen LogP contribution is -2.33. The minimum atomic E-state index is -3.87. The number of rotatable bonds is 6.